The molecular weight excluding hydrogens is 192 g/mol. The van der Waals surface area contributed by atoms with Crippen molar-refractivity contribution in [1.82, 2.24) is 9.96 Å². The zero-order chi connectivity index (χ0) is 10.9. The van der Waals surface area contributed by atoms with Crippen LogP contribution in [-0.4, -0.2) is 30.6 Å². The molecule has 0 heterocycles. The third-order valence-corrected chi connectivity index (χ3v) is 16.9. The van der Waals surface area contributed by atoms with Gasteiger partial charge in [-0.15, -0.1) is 0 Å². The van der Waals surface area contributed by atoms with Gasteiger partial charge in [0.25, 0.3) is 0 Å². The Morgan fingerprint density at radius 2 is 1.00 bits per heavy atom. The van der Waals surface area contributed by atoms with Crippen molar-refractivity contribution < 1.29 is 0 Å². The molecule has 0 radical (unpaired) electrons. The first-order valence-electron chi connectivity index (χ1n) is 5.00. The molecule has 0 fully saturated rings. The lowest BCUT2D eigenvalue weighted by Gasteiger charge is -2.49. The van der Waals surface area contributed by atoms with Gasteiger partial charge in [-0.2, -0.15) is 0 Å². The van der Waals surface area contributed by atoms with Crippen LogP contribution in [0.1, 0.15) is 13.8 Å². The van der Waals surface area contributed by atoms with Crippen molar-refractivity contribution in [3.8, 4) is 0 Å². The van der Waals surface area contributed by atoms with E-state index in [4.69, 9.17) is 0 Å². The molecule has 0 aromatic heterocycles. The minimum absolute atomic E-state index is 0.448. The van der Waals surface area contributed by atoms with E-state index in [1.807, 2.05) is 0 Å². The van der Waals surface area contributed by atoms with Crippen LogP contribution in [0.5, 0.6) is 0 Å². The van der Waals surface area contributed by atoms with E-state index >= 15 is 0 Å². The van der Waals surface area contributed by atoms with Crippen molar-refractivity contribution in [3.63, 3.8) is 0 Å². The van der Waals surface area contributed by atoms with E-state index in [1.165, 1.54) is 0 Å². The molecular formula is C9H26N2Si2. The molecule has 0 bridgehead atoms. The molecule has 4 heteroatoms. The van der Waals surface area contributed by atoms with Crippen molar-refractivity contribution in [3.05, 3.63) is 0 Å². The van der Waals surface area contributed by atoms with Gasteiger partial charge in [-0.3, -0.25) is 0 Å². The molecule has 0 atom stereocenters. The van der Waals surface area contributed by atoms with Crippen LogP contribution in [0, 0.1) is 0 Å². The number of rotatable bonds is 4. The van der Waals surface area contributed by atoms with Gasteiger partial charge in [0.15, 0.2) is 0 Å². The standard InChI is InChI=1S/C9H26N2Si2/c1-9(2,12(5,6)10-3)13(7,8)11-4/h10-11H,1-8H3. The largest absolute Gasteiger partial charge is 0.340 e. The quantitative estimate of drug-likeness (QED) is 0.707. The summed E-state index contributed by atoms with van der Waals surface area (Å²) in [6.45, 7) is 14.5. The second-order valence-corrected chi connectivity index (χ2v) is 15.9. The first-order valence-corrected chi connectivity index (χ1v) is 11.0. The molecule has 0 saturated heterocycles. The van der Waals surface area contributed by atoms with Crippen molar-refractivity contribution in [2.75, 3.05) is 14.1 Å². The number of hydrogen-bond acceptors (Lipinski definition) is 2. The third-order valence-electron chi connectivity index (χ3n) is 4.38. The minimum atomic E-state index is -1.31. The Kier molecular flexibility index (Phi) is 3.95. The highest BCUT2D eigenvalue weighted by Gasteiger charge is 2.49. The van der Waals surface area contributed by atoms with Gasteiger partial charge in [0.05, 0.1) is 0 Å². The van der Waals surface area contributed by atoms with E-state index in [1.54, 1.807) is 0 Å². The van der Waals surface area contributed by atoms with Gasteiger partial charge in [0, 0.05) is 0 Å². The Hall–Kier alpha value is 0.354. The molecule has 0 aromatic carbocycles. The van der Waals surface area contributed by atoms with Crippen molar-refractivity contribution >= 4 is 16.5 Å². The summed E-state index contributed by atoms with van der Waals surface area (Å²) in [6, 6.07) is 0. The van der Waals surface area contributed by atoms with E-state index in [2.05, 4.69) is 64.1 Å². The molecule has 0 spiro atoms. The topological polar surface area (TPSA) is 24.1 Å². The highest BCUT2D eigenvalue weighted by molar-refractivity contribution is 6.97. The average Bonchev–Trinajstić information content (AvgIpc) is 2.03. The molecule has 0 aliphatic heterocycles. The lowest BCUT2D eigenvalue weighted by atomic mass is 10.5. The van der Waals surface area contributed by atoms with Crippen LogP contribution in [0.15, 0.2) is 0 Å². The predicted molar refractivity (Wildman–Crippen MR) is 67.1 cm³/mol. The number of hydrogen-bond donors (Lipinski definition) is 2. The maximum atomic E-state index is 3.56. The summed E-state index contributed by atoms with van der Waals surface area (Å²) in [7, 11) is 1.59. The lowest BCUT2D eigenvalue weighted by Crippen LogP contribution is -2.65. The number of nitrogens with one attached hydrogen (secondary N) is 2. The molecule has 0 aliphatic rings. The molecule has 0 rings (SSSR count). The summed E-state index contributed by atoms with van der Waals surface area (Å²) >= 11 is 0. The summed E-state index contributed by atoms with van der Waals surface area (Å²) < 4.78 is 0.448. The maximum absolute atomic E-state index is 3.56. The molecule has 80 valence electrons. The zero-order valence-electron chi connectivity index (χ0n) is 10.5. The normalized spacial score (nSPS) is 14.8. The Balaban J connectivity index is 4.95. The molecule has 0 aromatic rings. The van der Waals surface area contributed by atoms with Crippen LogP contribution in [0.2, 0.25) is 30.8 Å². The third kappa shape index (κ3) is 2.23. The summed E-state index contributed by atoms with van der Waals surface area (Å²) in [6.07, 6.45) is 0. The Bertz CT molecular complexity index is 158. The molecule has 2 N–H and O–H groups in total. The Labute approximate surface area is 85.7 Å². The second kappa shape index (κ2) is 3.84. The van der Waals surface area contributed by atoms with Gasteiger partial charge in [-0.1, -0.05) is 40.0 Å². The van der Waals surface area contributed by atoms with Crippen molar-refractivity contribution in [1.29, 1.82) is 0 Å². The SMILES string of the molecule is CN[Si](C)(C)C(C)(C)[Si](C)(C)NC. The smallest absolute Gasteiger partial charge is 0.123 e. The summed E-state index contributed by atoms with van der Waals surface area (Å²) in [5, 5.41) is 0. The van der Waals surface area contributed by atoms with E-state index < -0.39 is 16.5 Å². The fourth-order valence-electron chi connectivity index (χ4n) is 1.41. The molecule has 0 aliphatic carbocycles. The predicted octanol–water partition coefficient (Wildman–Crippen LogP) is 2.15. The lowest BCUT2D eigenvalue weighted by molar-refractivity contribution is 0.796. The van der Waals surface area contributed by atoms with Gasteiger partial charge >= 0.3 is 0 Å². The molecule has 13 heavy (non-hydrogen) atoms. The average molecular weight is 218 g/mol. The summed E-state index contributed by atoms with van der Waals surface area (Å²) in [5.74, 6) is 0. The fraction of sp³-hybridized carbons (Fsp3) is 1.00. The van der Waals surface area contributed by atoms with E-state index in [-0.39, 0.29) is 0 Å². The monoisotopic (exact) mass is 218 g/mol. The fourth-order valence-corrected chi connectivity index (χ4v) is 9.66. The Morgan fingerprint density at radius 1 is 0.769 bits per heavy atom. The van der Waals surface area contributed by atoms with Gasteiger partial charge in [0.2, 0.25) is 0 Å². The van der Waals surface area contributed by atoms with Gasteiger partial charge < -0.3 is 9.96 Å². The first kappa shape index (κ1) is 13.4. The van der Waals surface area contributed by atoms with Crippen molar-refractivity contribution in [2.24, 2.45) is 0 Å². The van der Waals surface area contributed by atoms with Crippen LogP contribution in [0.4, 0.5) is 0 Å². The molecule has 0 saturated carbocycles. The van der Waals surface area contributed by atoms with E-state index in [9.17, 15) is 0 Å². The highest BCUT2D eigenvalue weighted by atomic mass is 28.4. The van der Waals surface area contributed by atoms with E-state index in [0.29, 0.717) is 4.66 Å². The van der Waals surface area contributed by atoms with Crippen LogP contribution >= 0.6 is 0 Å². The van der Waals surface area contributed by atoms with Gasteiger partial charge in [0.1, 0.15) is 16.5 Å². The second-order valence-electron chi connectivity index (χ2n) is 5.38. The van der Waals surface area contributed by atoms with E-state index in [0.717, 1.165) is 0 Å². The molecule has 0 amide bonds. The molecule has 0 unspecified atom stereocenters. The highest BCUT2D eigenvalue weighted by Crippen LogP contribution is 2.42. The Morgan fingerprint density at radius 3 is 1.15 bits per heavy atom. The minimum Gasteiger partial charge on any atom is -0.340 e. The van der Waals surface area contributed by atoms with Gasteiger partial charge in [-0.25, -0.2) is 0 Å². The summed E-state index contributed by atoms with van der Waals surface area (Å²) in [4.78, 5) is 7.11. The van der Waals surface area contributed by atoms with Crippen LogP contribution in [0.25, 0.3) is 0 Å². The van der Waals surface area contributed by atoms with Crippen LogP contribution in [-0.2, 0) is 0 Å². The maximum Gasteiger partial charge on any atom is 0.123 e. The summed E-state index contributed by atoms with van der Waals surface area (Å²) in [5.41, 5.74) is 0. The van der Waals surface area contributed by atoms with Crippen molar-refractivity contribution in [2.45, 2.75) is 44.7 Å². The zero-order valence-corrected chi connectivity index (χ0v) is 12.5. The van der Waals surface area contributed by atoms with Crippen LogP contribution < -0.4 is 9.96 Å². The van der Waals surface area contributed by atoms with Gasteiger partial charge in [-0.05, 0) is 18.8 Å². The van der Waals surface area contributed by atoms with Crippen LogP contribution in [0.3, 0.4) is 0 Å². The molecule has 2 nitrogen and oxygen atoms in total. The first-order chi connectivity index (χ1) is 5.62.